The van der Waals surface area contributed by atoms with Crippen molar-refractivity contribution in [3.8, 4) is 5.75 Å². The molecule has 2 fully saturated rings. The molecule has 170 valence electrons. The smallest absolute Gasteiger partial charge is 0.266 e. The van der Waals surface area contributed by atoms with Crippen LogP contribution in [0.4, 0.5) is 4.39 Å². The summed E-state index contributed by atoms with van der Waals surface area (Å²) in [7, 11) is 0. The summed E-state index contributed by atoms with van der Waals surface area (Å²) in [6.07, 6.45) is 2.76. The number of nitrogens with zero attached hydrogens (tertiary/aromatic N) is 2. The lowest BCUT2D eigenvalue weighted by atomic mass is 10.0. The Morgan fingerprint density at radius 3 is 2.44 bits per heavy atom. The molecule has 6 heteroatoms. The fraction of sp³-hybridized carbons (Fsp3) is 0.462. The van der Waals surface area contributed by atoms with Crippen molar-refractivity contribution in [3.63, 3.8) is 0 Å². The number of ether oxygens (including phenoxy) is 1. The molecule has 2 aromatic rings. The molecule has 0 bridgehead atoms. The molecule has 0 N–H and O–H groups in total. The molecule has 2 atom stereocenters. The van der Waals surface area contributed by atoms with Crippen molar-refractivity contribution in [2.24, 2.45) is 0 Å². The normalized spacial score (nSPS) is 21.3. The summed E-state index contributed by atoms with van der Waals surface area (Å²) in [6, 6.07) is 13.9. The van der Waals surface area contributed by atoms with Gasteiger partial charge in [-0.3, -0.25) is 9.59 Å². The lowest BCUT2D eigenvalue weighted by molar-refractivity contribution is -0.147. The van der Waals surface area contributed by atoms with Crippen LogP contribution in [-0.4, -0.2) is 45.8 Å². The third kappa shape index (κ3) is 4.64. The minimum atomic E-state index is -1.01. The van der Waals surface area contributed by atoms with Crippen molar-refractivity contribution in [2.75, 3.05) is 6.54 Å². The molecular formula is C26H31FN2O3. The average molecular weight is 439 g/mol. The fourth-order valence-corrected chi connectivity index (χ4v) is 4.87. The van der Waals surface area contributed by atoms with Gasteiger partial charge in [-0.25, -0.2) is 4.39 Å². The van der Waals surface area contributed by atoms with Gasteiger partial charge in [0.1, 0.15) is 11.6 Å². The van der Waals surface area contributed by atoms with Gasteiger partial charge >= 0.3 is 0 Å². The van der Waals surface area contributed by atoms with Gasteiger partial charge < -0.3 is 14.5 Å². The van der Waals surface area contributed by atoms with Crippen molar-refractivity contribution in [1.82, 2.24) is 9.80 Å². The largest absolute Gasteiger partial charge is 0.478 e. The molecule has 2 aromatic carbocycles. The summed E-state index contributed by atoms with van der Waals surface area (Å²) in [5, 5.41) is 0. The fourth-order valence-electron chi connectivity index (χ4n) is 4.87. The van der Waals surface area contributed by atoms with Crippen molar-refractivity contribution < 1.29 is 18.7 Å². The van der Waals surface area contributed by atoms with E-state index in [0.29, 0.717) is 25.3 Å². The molecule has 5 nitrogen and oxygen atoms in total. The minimum Gasteiger partial charge on any atom is -0.478 e. The molecule has 4 rings (SSSR count). The van der Waals surface area contributed by atoms with Gasteiger partial charge in [-0.05, 0) is 69.9 Å². The highest BCUT2D eigenvalue weighted by Crippen LogP contribution is 2.34. The molecule has 2 saturated heterocycles. The Balaban J connectivity index is 1.51. The number of rotatable bonds is 5. The van der Waals surface area contributed by atoms with Crippen LogP contribution in [0.3, 0.4) is 0 Å². The standard InChI is InChI=1S/C26H31FN2O3/c1-18-7-13-21(14-8-18)32-26(2,3)25(31)28-16-15-23-22(28)5-4-6-24(30)29(23)17-19-9-11-20(27)12-10-19/h7-14,22-23H,4-6,15-17H2,1-3H3/t22-,23-/m1/s1. The maximum absolute atomic E-state index is 13.5. The van der Waals surface area contributed by atoms with Gasteiger partial charge in [0.2, 0.25) is 5.91 Å². The average Bonchev–Trinajstić information content (AvgIpc) is 3.10. The Hall–Kier alpha value is -2.89. The van der Waals surface area contributed by atoms with Crippen LogP contribution in [0, 0.1) is 12.7 Å². The quantitative estimate of drug-likeness (QED) is 0.692. The summed E-state index contributed by atoms with van der Waals surface area (Å²) in [5.74, 6) is 0.425. The number of aryl methyl sites for hydroxylation is 1. The first-order chi connectivity index (χ1) is 15.2. The van der Waals surface area contributed by atoms with Crippen LogP contribution in [-0.2, 0) is 16.1 Å². The summed E-state index contributed by atoms with van der Waals surface area (Å²) in [6.45, 7) is 6.66. The van der Waals surface area contributed by atoms with Gasteiger partial charge in [-0.15, -0.1) is 0 Å². The van der Waals surface area contributed by atoms with Crippen molar-refractivity contribution in [2.45, 2.75) is 70.7 Å². The molecule has 2 aliphatic rings. The lowest BCUT2D eigenvalue weighted by Crippen LogP contribution is -2.53. The SMILES string of the molecule is Cc1ccc(OC(C)(C)C(=O)N2CC[C@@H]3[C@H]2CCCC(=O)N3Cc2ccc(F)cc2)cc1. The highest BCUT2D eigenvalue weighted by molar-refractivity contribution is 5.86. The van der Waals surface area contributed by atoms with Crippen molar-refractivity contribution in [3.05, 3.63) is 65.5 Å². The lowest BCUT2D eigenvalue weighted by Gasteiger charge is -2.36. The van der Waals surface area contributed by atoms with Crippen LogP contribution in [0.1, 0.15) is 50.7 Å². The van der Waals surface area contributed by atoms with Crippen LogP contribution < -0.4 is 4.74 Å². The molecule has 0 aliphatic carbocycles. The number of halogens is 1. The van der Waals surface area contributed by atoms with E-state index in [9.17, 15) is 14.0 Å². The predicted molar refractivity (Wildman–Crippen MR) is 121 cm³/mol. The number of benzene rings is 2. The molecule has 32 heavy (non-hydrogen) atoms. The molecule has 0 radical (unpaired) electrons. The first kappa shape index (κ1) is 22.3. The van der Waals surface area contributed by atoms with Crippen LogP contribution in [0.15, 0.2) is 48.5 Å². The van der Waals surface area contributed by atoms with E-state index in [1.165, 1.54) is 12.1 Å². The van der Waals surface area contributed by atoms with Crippen LogP contribution in [0.2, 0.25) is 0 Å². The third-order valence-electron chi connectivity index (χ3n) is 6.56. The summed E-state index contributed by atoms with van der Waals surface area (Å²) in [4.78, 5) is 30.2. The first-order valence-corrected chi connectivity index (χ1v) is 11.4. The first-order valence-electron chi connectivity index (χ1n) is 11.4. The third-order valence-corrected chi connectivity index (χ3v) is 6.56. The Bertz CT molecular complexity index is 972. The second kappa shape index (κ2) is 8.93. The maximum atomic E-state index is 13.5. The Kier molecular flexibility index (Phi) is 6.22. The summed E-state index contributed by atoms with van der Waals surface area (Å²) < 4.78 is 19.4. The van der Waals surface area contributed by atoms with Gasteiger partial charge in [0, 0.05) is 19.5 Å². The van der Waals surface area contributed by atoms with Gasteiger partial charge in [-0.2, -0.15) is 0 Å². The van der Waals surface area contributed by atoms with E-state index in [0.717, 1.165) is 30.4 Å². The Morgan fingerprint density at radius 1 is 1.06 bits per heavy atom. The van der Waals surface area contributed by atoms with E-state index in [4.69, 9.17) is 4.74 Å². The Labute approximate surface area is 189 Å². The van der Waals surface area contributed by atoms with Gasteiger partial charge in [0.15, 0.2) is 5.60 Å². The van der Waals surface area contributed by atoms with Crippen LogP contribution in [0.5, 0.6) is 5.75 Å². The highest BCUT2D eigenvalue weighted by atomic mass is 19.1. The van der Waals surface area contributed by atoms with Crippen LogP contribution in [0.25, 0.3) is 0 Å². The zero-order chi connectivity index (χ0) is 22.9. The molecule has 2 aliphatic heterocycles. The number of carbonyl (C=O) groups excluding carboxylic acids is 2. The molecule has 2 heterocycles. The zero-order valence-electron chi connectivity index (χ0n) is 19.0. The molecule has 0 aromatic heterocycles. The molecular weight excluding hydrogens is 407 g/mol. The number of fused-ring (bicyclic) bond motifs is 1. The maximum Gasteiger partial charge on any atom is 0.266 e. The predicted octanol–water partition coefficient (Wildman–Crippen LogP) is 4.47. The van der Waals surface area contributed by atoms with Gasteiger partial charge in [-0.1, -0.05) is 29.8 Å². The van der Waals surface area contributed by atoms with E-state index in [1.807, 2.05) is 41.0 Å². The van der Waals surface area contributed by atoms with Crippen molar-refractivity contribution in [1.29, 1.82) is 0 Å². The van der Waals surface area contributed by atoms with E-state index in [1.54, 1.807) is 26.0 Å². The van der Waals surface area contributed by atoms with E-state index >= 15 is 0 Å². The zero-order valence-corrected chi connectivity index (χ0v) is 19.0. The monoisotopic (exact) mass is 438 g/mol. The molecule has 2 amide bonds. The summed E-state index contributed by atoms with van der Waals surface area (Å²) >= 11 is 0. The van der Waals surface area contributed by atoms with E-state index in [-0.39, 0.29) is 29.7 Å². The number of hydrogen-bond donors (Lipinski definition) is 0. The summed E-state index contributed by atoms with van der Waals surface area (Å²) in [5.41, 5.74) is 1.02. The van der Waals surface area contributed by atoms with Crippen LogP contribution >= 0.6 is 0 Å². The number of hydrogen-bond acceptors (Lipinski definition) is 3. The highest BCUT2D eigenvalue weighted by Gasteiger charge is 2.47. The van der Waals surface area contributed by atoms with Gasteiger partial charge in [0.05, 0.1) is 12.1 Å². The molecule has 0 spiro atoms. The van der Waals surface area contributed by atoms with Gasteiger partial charge in [0.25, 0.3) is 5.91 Å². The number of likely N-dealkylation sites (tertiary alicyclic amines) is 2. The second-order valence-electron chi connectivity index (χ2n) is 9.39. The Morgan fingerprint density at radius 2 is 1.75 bits per heavy atom. The molecule has 0 saturated carbocycles. The van der Waals surface area contributed by atoms with Crippen molar-refractivity contribution >= 4 is 11.8 Å². The number of amides is 2. The topological polar surface area (TPSA) is 49.9 Å². The second-order valence-corrected chi connectivity index (χ2v) is 9.39. The minimum absolute atomic E-state index is 0.0321. The van der Waals surface area contributed by atoms with E-state index in [2.05, 4.69) is 0 Å². The molecule has 0 unspecified atom stereocenters. The van der Waals surface area contributed by atoms with E-state index < -0.39 is 5.60 Å². The number of carbonyl (C=O) groups is 2.